The number of fused-ring (bicyclic) bond motifs is 1. The van der Waals surface area contributed by atoms with E-state index in [4.69, 9.17) is 26.2 Å². The molecule has 0 saturated carbocycles. The number of aliphatic carboxylic acids is 1. The van der Waals surface area contributed by atoms with Crippen LogP contribution in [0.2, 0.25) is 5.02 Å². The fourth-order valence-electron chi connectivity index (χ4n) is 4.06. The van der Waals surface area contributed by atoms with Crippen molar-refractivity contribution in [3.05, 3.63) is 88.4 Å². The quantitative estimate of drug-likeness (QED) is 0.225. The maximum atomic E-state index is 13.9. The molecule has 3 aromatic carbocycles. The van der Waals surface area contributed by atoms with Gasteiger partial charge in [0.05, 0.1) is 0 Å². The summed E-state index contributed by atoms with van der Waals surface area (Å²) in [6, 6.07) is 20.2. The number of carboxylic acid groups (broad SMARTS) is 1. The summed E-state index contributed by atoms with van der Waals surface area (Å²) in [5.74, 6) is -0.0658. The predicted molar refractivity (Wildman–Crippen MR) is 150 cm³/mol. The monoisotopic (exact) mass is 573 g/mol. The van der Waals surface area contributed by atoms with Gasteiger partial charge in [-0.3, -0.25) is 0 Å². The second-order valence-corrected chi connectivity index (χ2v) is 12.4. The van der Waals surface area contributed by atoms with Gasteiger partial charge in [-0.15, -0.1) is 11.3 Å². The van der Waals surface area contributed by atoms with Crippen molar-refractivity contribution in [2.75, 3.05) is 26.3 Å². The van der Waals surface area contributed by atoms with Crippen molar-refractivity contribution in [2.45, 2.75) is 24.5 Å². The van der Waals surface area contributed by atoms with Crippen molar-refractivity contribution in [3.8, 4) is 11.5 Å². The van der Waals surface area contributed by atoms with Crippen molar-refractivity contribution >= 4 is 49.0 Å². The Bertz CT molecular complexity index is 1540. The Morgan fingerprint density at radius 1 is 1.00 bits per heavy atom. The number of thiophene rings is 1. The molecule has 38 heavy (non-hydrogen) atoms. The molecule has 1 N–H and O–H groups in total. The van der Waals surface area contributed by atoms with Crippen molar-refractivity contribution < 1.29 is 27.8 Å². The number of aryl methyl sites for hydroxylation is 2. The zero-order valence-electron chi connectivity index (χ0n) is 21.0. The average molecular weight is 574 g/mol. The number of carbonyl (C=O) groups is 1. The van der Waals surface area contributed by atoms with E-state index >= 15 is 0 Å². The Kier molecular flexibility index (Phi) is 8.94. The van der Waals surface area contributed by atoms with E-state index in [1.807, 2.05) is 43.3 Å². The Hall–Kier alpha value is -3.11. The summed E-state index contributed by atoms with van der Waals surface area (Å²) in [5, 5.41) is 10.2. The lowest BCUT2D eigenvalue weighted by atomic mass is 10.1. The van der Waals surface area contributed by atoms with Gasteiger partial charge in [-0.25, -0.2) is 13.2 Å². The van der Waals surface area contributed by atoms with Crippen molar-refractivity contribution in [1.29, 1.82) is 0 Å². The molecular formula is C28H28ClNO6S2. The van der Waals surface area contributed by atoms with Crippen LogP contribution in [0.1, 0.15) is 16.7 Å². The van der Waals surface area contributed by atoms with Gasteiger partial charge in [0.15, 0.2) is 6.61 Å². The molecule has 200 valence electrons. The Balaban J connectivity index is 1.53. The van der Waals surface area contributed by atoms with Crippen LogP contribution in [-0.4, -0.2) is 50.1 Å². The number of carboxylic acids is 1. The molecule has 0 spiro atoms. The van der Waals surface area contributed by atoms with E-state index in [1.54, 1.807) is 37.3 Å². The number of halogens is 1. The van der Waals surface area contributed by atoms with Crippen LogP contribution in [0, 0.1) is 13.8 Å². The predicted octanol–water partition coefficient (Wildman–Crippen LogP) is 5.95. The zero-order chi connectivity index (χ0) is 27.3. The molecule has 0 bridgehead atoms. The van der Waals surface area contributed by atoms with E-state index in [9.17, 15) is 13.2 Å². The molecule has 0 aliphatic heterocycles. The number of rotatable bonds is 12. The fraction of sp³-hybridized carbons (Fsp3) is 0.250. The van der Waals surface area contributed by atoms with Gasteiger partial charge in [-0.1, -0.05) is 41.9 Å². The maximum Gasteiger partial charge on any atom is 0.341 e. The van der Waals surface area contributed by atoms with E-state index in [-0.39, 0.29) is 13.2 Å². The van der Waals surface area contributed by atoms with Crippen LogP contribution in [-0.2, 0) is 21.2 Å². The highest BCUT2D eigenvalue weighted by Gasteiger charge is 2.29. The molecule has 0 saturated heterocycles. The number of ether oxygens (including phenoxy) is 2. The molecule has 0 amide bonds. The first kappa shape index (κ1) is 27.9. The first-order valence-corrected chi connectivity index (χ1v) is 14.6. The standard InChI is InChI=1S/C28H28ClNO6S2/c1-19-16-23(9-10-25(19)36-18-27(31)32)35-15-14-30(13-12-21-6-4-3-5-7-21)38(33,34)28-20(2)24-17-22(29)8-11-26(24)37-28/h3-11,16-17H,12-15,18H2,1-2H3,(H,31,32). The normalized spacial score (nSPS) is 11.7. The molecule has 0 aliphatic carbocycles. The third-order valence-corrected chi connectivity index (χ3v) is 10.0. The summed E-state index contributed by atoms with van der Waals surface area (Å²) in [4.78, 5) is 10.8. The van der Waals surface area contributed by atoms with Crippen LogP contribution >= 0.6 is 22.9 Å². The number of hydrogen-bond acceptors (Lipinski definition) is 6. The van der Waals surface area contributed by atoms with Crippen LogP contribution in [0.5, 0.6) is 11.5 Å². The van der Waals surface area contributed by atoms with Gasteiger partial charge in [0.25, 0.3) is 10.0 Å². The van der Waals surface area contributed by atoms with E-state index in [0.717, 1.165) is 21.2 Å². The average Bonchev–Trinajstić information content (AvgIpc) is 3.22. The third kappa shape index (κ3) is 6.66. The van der Waals surface area contributed by atoms with E-state index in [0.29, 0.717) is 39.3 Å². The SMILES string of the molecule is Cc1cc(OCCN(CCc2ccccc2)S(=O)(=O)c2sc3ccc(Cl)cc3c2C)ccc1OCC(=O)O. The lowest BCUT2D eigenvalue weighted by Crippen LogP contribution is -2.36. The van der Waals surface area contributed by atoms with Gasteiger partial charge in [-0.05, 0) is 78.7 Å². The highest BCUT2D eigenvalue weighted by atomic mass is 35.5. The van der Waals surface area contributed by atoms with Crippen LogP contribution in [0.3, 0.4) is 0 Å². The highest BCUT2D eigenvalue weighted by Crippen LogP contribution is 2.37. The van der Waals surface area contributed by atoms with Gasteiger partial charge in [-0.2, -0.15) is 4.31 Å². The van der Waals surface area contributed by atoms with E-state index in [2.05, 4.69) is 0 Å². The van der Waals surface area contributed by atoms with Gasteiger partial charge in [0.2, 0.25) is 0 Å². The summed E-state index contributed by atoms with van der Waals surface area (Å²) in [7, 11) is -3.81. The van der Waals surface area contributed by atoms with Crippen LogP contribution in [0.25, 0.3) is 10.1 Å². The largest absolute Gasteiger partial charge is 0.492 e. The molecule has 4 aromatic rings. The minimum atomic E-state index is -3.81. The minimum Gasteiger partial charge on any atom is -0.492 e. The minimum absolute atomic E-state index is 0.137. The Morgan fingerprint density at radius 2 is 1.76 bits per heavy atom. The van der Waals surface area contributed by atoms with E-state index in [1.165, 1.54) is 15.6 Å². The molecule has 1 heterocycles. The topological polar surface area (TPSA) is 93.1 Å². The third-order valence-electron chi connectivity index (χ3n) is 6.03. The molecule has 0 unspecified atom stereocenters. The van der Waals surface area contributed by atoms with Gasteiger partial charge < -0.3 is 14.6 Å². The lowest BCUT2D eigenvalue weighted by Gasteiger charge is -2.22. The molecule has 0 atom stereocenters. The summed E-state index contributed by atoms with van der Waals surface area (Å²) in [6.45, 7) is 3.75. The summed E-state index contributed by atoms with van der Waals surface area (Å²) < 4.78 is 41.6. The summed E-state index contributed by atoms with van der Waals surface area (Å²) in [6.07, 6.45) is 0.560. The van der Waals surface area contributed by atoms with Gasteiger partial charge >= 0.3 is 5.97 Å². The first-order chi connectivity index (χ1) is 18.1. The molecule has 0 radical (unpaired) electrons. The molecule has 0 fully saturated rings. The number of nitrogens with zero attached hydrogens (tertiary/aromatic N) is 1. The van der Waals surface area contributed by atoms with E-state index < -0.39 is 22.6 Å². The van der Waals surface area contributed by atoms with Gasteiger partial charge in [0.1, 0.15) is 22.3 Å². The molecule has 1 aromatic heterocycles. The van der Waals surface area contributed by atoms with Crippen LogP contribution in [0.4, 0.5) is 0 Å². The number of hydrogen-bond donors (Lipinski definition) is 1. The van der Waals surface area contributed by atoms with Crippen LogP contribution < -0.4 is 9.47 Å². The van der Waals surface area contributed by atoms with Gasteiger partial charge in [0, 0.05) is 22.8 Å². The van der Waals surface area contributed by atoms with Crippen LogP contribution in [0.15, 0.2) is 70.9 Å². The van der Waals surface area contributed by atoms with Crippen molar-refractivity contribution in [2.24, 2.45) is 0 Å². The lowest BCUT2D eigenvalue weighted by molar-refractivity contribution is -0.139. The number of benzene rings is 3. The fourth-order valence-corrected chi connectivity index (χ4v) is 7.54. The maximum absolute atomic E-state index is 13.9. The second-order valence-electron chi connectivity index (χ2n) is 8.75. The summed E-state index contributed by atoms with van der Waals surface area (Å²) in [5.41, 5.74) is 2.45. The molecule has 10 heteroatoms. The number of sulfonamides is 1. The molecule has 7 nitrogen and oxygen atoms in total. The second kappa shape index (κ2) is 12.2. The molecule has 4 rings (SSSR count). The van der Waals surface area contributed by atoms with Crippen molar-refractivity contribution in [3.63, 3.8) is 0 Å². The summed E-state index contributed by atoms with van der Waals surface area (Å²) >= 11 is 7.41. The molecule has 0 aliphatic rings. The Morgan fingerprint density at radius 3 is 2.47 bits per heavy atom. The van der Waals surface area contributed by atoms with Crippen molar-refractivity contribution in [1.82, 2.24) is 4.31 Å². The zero-order valence-corrected chi connectivity index (χ0v) is 23.4. The first-order valence-electron chi connectivity index (χ1n) is 12.0. The molecular weight excluding hydrogens is 546 g/mol. The smallest absolute Gasteiger partial charge is 0.341 e. The Labute approximate surface area is 231 Å². The highest BCUT2D eigenvalue weighted by molar-refractivity contribution is 7.91.